The second-order valence-corrected chi connectivity index (χ2v) is 6.27. The van der Waals surface area contributed by atoms with Crippen molar-refractivity contribution in [3.8, 4) is 5.75 Å². The van der Waals surface area contributed by atoms with Gasteiger partial charge in [0.1, 0.15) is 5.75 Å². The molecule has 21 heavy (non-hydrogen) atoms. The number of benzene rings is 1. The van der Waals surface area contributed by atoms with E-state index in [1.165, 1.54) is 0 Å². The highest BCUT2D eigenvalue weighted by molar-refractivity contribution is 5.76. The van der Waals surface area contributed by atoms with E-state index in [-0.39, 0.29) is 5.91 Å². The molecule has 0 heterocycles. The Kier molecular flexibility index (Phi) is 7.06. The lowest BCUT2D eigenvalue weighted by molar-refractivity contribution is -0.121. The highest BCUT2D eigenvalue weighted by atomic mass is 16.5. The van der Waals surface area contributed by atoms with Crippen LogP contribution in [0.15, 0.2) is 18.2 Å². The average molecular weight is 292 g/mol. The number of amides is 1. The van der Waals surface area contributed by atoms with E-state index in [0.717, 1.165) is 17.9 Å². The molecule has 0 unspecified atom stereocenters. The summed E-state index contributed by atoms with van der Waals surface area (Å²) in [5.74, 6) is 1.75. The van der Waals surface area contributed by atoms with Crippen LogP contribution in [0.3, 0.4) is 0 Å². The van der Waals surface area contributed by atoms with Gasteiger partial charge in [-0.2, -0.15) is 0 Å². The minimum atomic E-state index is 0.0856. The fraction of sp³-hybridized carbons (Fsp3) is 0.588. The predicted molar refractivity (Wildman–Crippen MR) is 87.4 cm³/mol. The summed E-state index contributed by atoms with van der Waals surface area (Å²) in [5.41, 5.74) is 7.68. The van der Waals surface area contributed by atoms with E-state index in [0.29, 0.717) is 37.0 Å². The maximum Gasteiger partial charge on any atom is 0.220 e. The van der Waals surface area contributed by atoms with Crippen LogP contribution in [0.1, 0.15) is 39.7 Å². The van der Waals surface area contributed by atoms with Crippen molar-refractivity contribution in [2.75, 3.05) is 18.9 Å². The lowest BCUT2D eigenvalue weighted by Gasteiger charge is -2.12. The second-order valence-electron chi connectivity index (χ2n) is 6.27. The van der Waals surface area contributed by atoms with E-state index >= 15 is 0 Å². The van der Waals surface area contributed by atoms with E-state index < -0.39 is 0 Å². The summed E-state index contributed by atoms with van der Waals surface area (Å²) in [7, 11) is 0. The molecule has 0 aliphatic carbocycles. The maximum absolute atomic E-state index is 11.7. The number of aryl methyl sites for hydroxylation is 1. The summed E-state index contributed by atoms with van der Waals surface area (Å²) < 4.78 is 5.64. The fourth-order valence-electron chi connectivity index (χ4n) is 1.81. The lowest BCUT2D eigenvalue weighted by atomic mass is 10.1. The smallest absolute Gasteiger partial charge is 0.220 e. The van der Waals surface area contributed by atoms with Crippen LogP contribution in [0.25, 0.3) is 0 Å². The van der Waals surface area contributed by atoms with Crippen LogP contribution in [0.4, 0.5) is 5.69 Å². The molecule has 1 rings (SSSR count). The third-order valence-electron chi connectivity index (χ3n) is 2.99. The molecule has 0 fully saturated rings. The molecule has 3 N–H and O–H groups in total. The SMILES string of the molecule is CC(C)CNC(=O)CCc1ccc(OCC(C)C)c(N)c1. The number of anilines is 1. The topological polar surface area (TPSA) is 64.3 Å². The van der Waals surface area contributed by atoms with E-state index in [9.17, 15) is 4.79 Å². The normalized spacial score (nSPS) is 11.0. The Morgan fingerprint density at radius 3 is 2.52 bits per heavy atom. The maximum atomic E-state index is 11.7. The molecule has 0 radical (unpaired) electrons. The predicted octanol–water partition coefficient (Wildman–Crippen LogP) is 3.01. The summed E-state index contributed by atoms with van der Waals surface area (Å²) in [4.78, 5) is 11.7. The molecule has 0 saturated carbocycles. The molecule has 0 bridgehead atoms. The average Bonchev–Trinajstić information content (AvgIpc) is 2.41. The molecule has 4 heteroatoms. The molecule has 1 amide bonds. The molecule has 1 aromatic rings. The number of hydrogen-bond acceptors (Lipinski definition) is 3. The quantitative estimate of drug-likeness (QED) is 0.724. The minimum Gasteiger partial charge on any atom is -0.491 e. The Hall–Kier alpha value is -1.71. The third kappa shape index (κ3) is 7.02. The van der Waals surface area contributed by atoms with Gasteiger partial charge in [-0.15, -0.1) is 0 Å². The summed E-state index contributed by atoms with van der Waals surface area (Å²) in [5, 5.41) is 2.92. The number of carbonyl (C=O) groups is 1. The van der Waals surface area contributed by atoms with Gasteiger partial charge < -0.3 is 15.8 Å². The lowest BCUT2D eigenvalue weighted by Crippen LogP contribution is -2.27. The summed E-state index contributed by atoms with van der Waals surface area (Å²) in [6.45, 7) is 9.73. The monoisotopic (exact) mass is 292 g/mol. The molecule has 0 spiro atoms. The molecule has 0 aliphatic rings. The number of nitrogen functional groups attached to an aromatic ring is 1. The first kappa shape index (κ1) is 17.3. The van der Waals surface area contributed by atoms with E-state index in [2.05, 4.69) is 33.0 Å². The Labute approximate surface area is 128 Å². The van der Waals surface area contributed by atoms with Crippen LogP contribution in [0.2, 0.25) is 0 Å². The van der Waals surface area contributed by atoms with Crippen molar-refractivity contribution in [2.24, 2.45) is 11.8 Å². The van der Waals surface area contributed by atoms with Crippen molar-refractivity contribution in [2.45, 2.75) is 40.5 Å². The van der Waals surface area contributed by atoms with Gasteiger partial charge in [-0.1, -0.05) is 33.8 Å². The summed E-state index contributed by atoms with van der Waals surface area (Å²) in [6, 6.07) is 5.76. The first-order valence-electron chi connectivity index (χ1n) is 7.66. The Bertz CT molecular complexity index is 456. The summed E-state index contributed by atoms with van der Waals surface area (Å²) >= 11 is 0. The van der Waals surface area contributed by atoms with Crippen molar-refractivity contribution in [1.29, 1.82) is 0 Å². The Balaban J connectivity index is 2.46. The fourth-order valence-corrected chi connectivity index (χ4v) is 1.81. The highest BCUT2D eigenvalue weighted by Crippen LogP contribution is 2.23. The van der Waals surface area contributed by atoms with Crippen LogP contribution in [-0.2, 0) is 11.2 Å². The van der Waals surface area contributed by atoms with Crippen LogP contribution in [-0.4, -0.2) is 19.1 Å². The van der Waals surface area contributed by atoms with E-state index in [1.807, 2.05) is 18.2 Å². The largest absolute Gasteiger partial charge is 0.491 e. The number of nitrogens with one attached hydrogen (secondary N) is 1. The first-order valence-corrected chi connectivity index (χ1v) is 7.66. The molecule has 118 valence electrons. The van der Waals surface area contributed by atoms with Crippen molar-refractivity contribution >= 4 is 11.6 Å². The van der Waals surface area contributed by atoms with Gasteiger partial charge in [0.25, 0.3) is 0 Å². The Morgan fingerprint density at radius 2 is 1.95 bits per heavy atom. The van der Waals surface area contributed by atoms with Crippen molar-refractivity contribution in [3.63, 3.8) is 0 Å². The van der Waals surface area contributed by atoms with Gasteiger partial charge in [-0.3, -0.25) is 4.79 Å². The zero-order valence-corrected chi connectivity index (χ0v) is 13.6. The van der Waals surface area contributed by atoms with Crippen molar-refractivity contribution in [1.82, 2.24) is 5.32 Å². The molecule has 0 aliphatic heterocycles. The third-order valence-corrected chi connectivity index (χ3v) is 2.99. The molecule has 1 aromatic carbocycles. The van der Waals surface area contributed by atoms with Gasteiger partial charge in [0.2, 0.25) is 5.91 Å². The number of nitrogens with two attached hydrogens (primary N) is 1. The second kappa shape index (κ2) is 8.55. The molecular formula is C17H28N2O2. The van der Waals surface area contributed by atoms with Gasteiger partial charge >= 0.3 is 0 Å². The van der Waals surface area contributed by atoms with Crippen LogP contribution in [0, 0.1) is 11.8 Å². The Morgan fingerprint density at radius 1 is 1.24 bits per heavy atom. The minimum absolute atomic E-state index is 0.0856. The number of hydrogen-bond donors (Lipinski definition) is 2. The van der Waals surface area contributed by atoms with Gasteiger partial charge in [-0.25, -0.2) is 0 Å². The summed E-state index contributed by atoms with van der Waals surface area (Å²) in [6.07, 6.45) is 1.18. The number of ether oxygens (including phenoxy) is 1. The standard InChI is InChI=1S/C17H28N2O2/c1-12(2)10-19-17(20)8-6-14-5-7-16(15(18)9-14)21-11-13(3)4/h5,7,9,12-13H,6,8,10-11,18H2,1-4H3,(H,19,20). The molecular weight excluding hydrogens is 264 g/mol. The molecule has 0 atom stereocenters. The zero-order valence-electron chi connectivity index (χ0n) is 13.6. The number of rotatable bonds is 8. The van der Waals surface area contributed by atoms with E-state index in [1.54, 1.807) is 0 Å². The number of carbonyl (C=O) groups excluding carboxylic acids is 1. The van der Waals surface area contributed by atoms with Gasteiger partial charge in [0, 0.05) is 13.0 Å². The van der Waals surface area contributed by atoms with Crippen molar-refractivity contribution < 1.29 is 9.53 Å². The molecule has 0 saturated heterocycles. The van der Waals surface area contributed by atoms with Crippen LogP contribution in [0.5, 0.6) is 5.75 Å². The molecule has 0 aromatic heterocycles. The van der Waals surface area contributed by atoms with E-state index in [4.69, 9.17) is 10.5 Å². The van der Waals surface area contributed by atoms with Gasteiger partial charge in [0.05, 0.1) is 12.3 Å². The molecule has 4 nitrogen and oxygen atoms in total. The van der Waals surface area contributed by atoms with Gasteiger partial charge in [0.15, 0.2) is 0 Å². The highest BCUT2D eigenvalue weighted by Gasteiger charge is 2.06. The zero-order chi connectivity index (χ0) is 15.8. The first-order chi connectivity index (χ1) is 9.88. The van der Waals surface area contributed by atoms with Crippen molar-refractivity contribution in [3.05, 3.63) is 23.8 Å². The van der Waals surface area contributed by atoms with Gasteiger partial charge in [-0.05, 0) is 36.0 Å². The van der Waals surface area contributed by atoms with Crippen LogP contribution >= 0.6 is 0 Å². The van der Waals surface area contributed by atoms with Crippen LogP contribution < -0.4 is 15.8 Å².